The molecule has 0 bridgehead atoms. The van der Waals surface area contributed by atoms with Crippen molar-refractivity contribution in [3.8, 4) is 5.75 Å². The highest BCUT2D eigenvalue weighted by atomic mass is 35.5. The molecule has 2 amide bonds. The lowest BCUT2D eigenvalue weighted by atomic mass is 9.94. The molecule has 2 aromatic rings. The monoisotopic (exact) mass is 510 g/mol. The van der Waals surface area contributed by atoms with Gasteiger partial charge < -0.3 is 25.6 Å². The van der Waals surface area contributed by atoms with Crippen molar-refractivity contribution in [3.05, 3.63) is 64.7 Å². The first kappa shape index (κ1) is 26.0. The molecule has 3 N–H and O–H groups in total. The number of amides is 2. The second-order valence-corrected chi connectivity index (χ2v) is 10.0. The van der Waals surface area contributed by atoms with Crippen molar-refractivity contribution in [1.29, 1.82) is 0 Å². The van der Waals surface area contributed by atoms with Crippen LogP contribution in [0.5, 0.6) is 5.75 Å². The van der Waals surface area contributed by atoms with Crippen molar-refractivity contribution < 1.29 is 14.3 Å². The zero-order valence-electron chi connectivity index (χ0n) is 20.8. The number of hydrogen-bond donors (Lipinski definition) is 2. The molecule has 0 spiro atoms. The second-order valence-electron chi connectivity index (χ2n) is 9.64. The number of likely N-dealkylation sites (tertiary alicyclic amines) is 2. The molecule has 2 saturated heterocycles. The van der Waals surface area contributed by atoms with Gasteiger partial charge in [-0.15, -0.1) is 0 Å². The smallest absolute Gasteiger partial charge is 0.255 e. The van der Waals surface area contributed by atoms with Crippen molar-refractivity contribution in [1.82, 2.24) is 15.1 Å². The molecule has 2 aliphatic rings. The van der Waals surface area contributed by atoms with Gasteiger partial charge in [0.05, 0.1) is 23.4 Å². The lowest BCUT2D eigenvalue weighted by Gasteiger charge is -2.37. The molecule has 0 atom stereocenters. The van der Waals surface area contributed by atoms with Crippen molar-refractivity contribution in [2.45, 2.75) is 31.7 Å². The summed E-state index contributed by atoms with van der Waals surface area (Å²) in [5, 5.41) is 3.47. The first-order valence-corrected chi connectivity index (χ1v) is 13.0. The molecule has 7 nitrogen and oxygen atoms in total. The predicted octanol–water partition coefficient (Wildman–Crippen LogP) is 4.08. The highest BCUT2D eigenvalue weighted by Gasteiger charge is 2.27. The SMILES string of the molecule is COc1cc(N)c(Cl)cc1C(=O)NC1CCN(CC2CCN(C(=O)/C=C/c3ccccc3)CC2)CC1. The number of carbonyl (C=O) groups excluding carboxylic acids is 2. The highest BCUT2D eigenvalue weighted by Crippen LogP contribution is 2.29. The summed E-state index contributed by atoms with van der Waals surface area (Å²) in [6.07, 6.45) is 7.42. The molecular weight excluding hydrogens is 476 g/mol. The topological polar surface area (TPSA) is 87.9 Å². The average Bonchev–Trinajstić information content (AvgIpc) is 2.90. The fourth-order valence-corrected chi connectivity index (χ4v) is 5.14. The number of nitrogens with one attached hydrogen (secondary N) is 1. The molecule has 2 fully saturated rings. The van der Waals surface area contributed by atoms with Crippen molar-refractivity contribution in [3.63, 3.8) is 0 Å². The Balaban J connectivity index is 1.18. The van der Waals surface area contributed by atoms with E-state index < -0.39 is 0 Å². The number of nitrogens with two attached hydrogens (primary N) is 1. The Kier molecular flexibility index (Phi) is 8.88. The maximum atomic E-state index is 12.8. The van der Waals surface area contributed by atoms with Gasteiger partial charge in [-0.1, -0.05) is 41.9 Å². The van der Waals surface area contributed by atoms with E-state index in [1.54, 1.807) is 18.2 Å². The summed E-state index contributed by atoms with van der Waals surface area (Å²) in [4.78, 5) is 29.8. The van der Waals surface area contributed by atoms with Crippen molar-refractivity contribution in [2.24, 2.45) is 5.92 Å². The van der Waals surface area contributed by atoms with Gasteiger partial charge in [0.1, 0.15) is 5.75 Å². The zero-order valence-corrected chi connectivity index (χ0v) is 21.5. The molecular formula is C28H35ClN4O3. The van der Waals surface area contributed by atoms with Crippen molar-refractivity contribution >= 4 is 35.2 Å². The normalized spacial score (nSPS) is 17.9. The minimum absolute atomic E-state index is 0.0906. The Morgan fingerprint density at radius 2 is 1.78 bits per heavy atom. The number of anilines is 1. The summed E-state index contributed by atoms with van der Waals surface area (Å²) in [6, 6.07) is 13.2. The van der Waals surface area contributed by atoms with Crippen LogP contribution in [0.2, 0.25) is 5.02 Å². The van der Waals surface area contributed by atoms with E-state index in [0.29, 0.717) is 27.9 Å². The van der Waals surface area contributed by atoms with E-state index in [1.165, 1.54) is 7.11 Å². The molecule has 2 aliphatic heterocycles. The molecule has 0 aromatic heterocycles. The Morgan fingerprint density at radius 3 is 2.44 bits per heavy atom. The number of nitrogen functional groups attached to an aromatic ring is 1. The van der Waals surface area contributed by atoms with Gasteiger partial charge in [0.25, 0.3) is 5.91 Å². The Labute approximate surface area is 218 Å². The van der Waals surface area contributed by atoms with E-state index in [2.05, 4.69) is 10.2 Å². The molecule has 2 aromatic carbocycles. The molecule has 192 valence electrons. The Morgan fingerprint density at radius 1 is 1.08 bits per heavy atom. The Hall–Kier alpha value is -3.03. The third kappa shape index (κ3) is 6.80. The standard InChI is InChI=1S/C28H35ClN4O3/c1-36-26-18-25(30)24(29)17-23(26)28(35)31-22-11-13-32(14-12-22)19-21-9-15-33(16-10-21)27(34)8-7-20-5-3-2-4-6-20/h2-8,17-18,21-22H,9-16,19,30H2,1H3,(H,31,35)/b8-7+. The minimum atomic E-state index is -0.189. The van der Waals surface area contributed by atoms with E-state index in [1.807, 2.05) is 41.3 Å². The average molecular weight is 511 g/mol. The fourth-order valence-electron chi connectivity index (χ4n) is 4.98. The number of halogens is 1. The first-order chi connectivity index (χ1) is 17.4. The molecule has 2 heterocycles. The summed E-state index contributed by atoms with van der Waals surface area (Å²) in [7, 11) is 1.51. The van der Waals surface area contributed by atoms with Crippen LogP contribution < -0.4 is 15.8 Å². The molecule has 0 unspecified atom stereocenters. The van der Waals surface area contributed by atoms with Gasteiger partial charge in [0.15, 0.2) is 0 Å². The maximum absolute atomic E-state index is 12.8. The number of nitrogens with zero attached hydrogens (tertiary/aromatic N) is 2. The van der Waals surface area contributed by atoms with Gasteiger partial charge in [-0.3, -0.25) is 9.59 Å². The molecule has 0 saturated carbocycles. The molecule has 36 heavy (non-hydrogen) atoms. The second kappa shape index (κ2) is 12.3. The molecule has 0 aliphatic carbocycles. The van der Waals surface area contributed by atoms with Crippen LogP contribution in [0.3, 0.4) is 0 Å². The van der Waals surface area contributed by atoms with Crippen LogP contribution >= 0.6 is 11.6 Å². The van der Waals surface area contributed by atoms with Gasteiger partial charge in [-0.25, -0.2) is 0 Å². The molecule has 4 rings (SSSR count). The number of hydrogen-bond acceptors (Lipinski definition) is 5. The number of methoxy groups -OCH3 is 1. The van der Waals surface area contributed by atoms with Gasteiger partial charge in [-0.2, -0.15) is 0 Å². The summed E-state index contributed by atoms with van der Waals surface area (Å²) in [6.45, 7) is 4.55. The summed E-state index contributed by atoms with van der Waals surface area (Å²) < 4.78 is 5.31. The number of carbonyl (C=O) groups is 2. The fraction of sp³-hybridized carbons (Fsp3) is 0.429. The number of benzene rings is 2. The lowest BCUT2D eigenvalue weighted by molar-refractivity contribution is -0.127. The first-order valence-electron chi connectivity index (χ1n) is 12.6. The Bertz CT molecular complexity index is 1080. The third-order valence-corrected chi connectivity index (χ3v) is 7.47. The quantitative estimate of drug-likeness (QED) is 0.433. The van der Waals surface area contributed by atoms with Crippen LogP contribution in [-0.2, 0) is 4.79 Å². The van der Waals surface area contributed by atoms with Gasteiger partial charge in [-0.05, 0) is 49.3 Å². The maximum Gasteiger partial charge on any atom is 0.255 e. The minimum Gasteiger partial charge on any atom is -0.496 e. The van der Waals surface area contributed by atoms with Crippen LogP contribution in [0.25, 0.3) is 6.08 Å². The van der Waals surface area contributed by atoms with E-state index in [4.69, 9.17) is 22.1 Å². The largest absolute Gasteiger partial charge is 0.496 e. The van der Waals surface area contributed by atoms with E-state index in [0.717, 1.165) is 64.0 Å². The van der Waals surface area contributed by atoms with Gasteiger partial charge >= 0.3 is 0 Å². The number of ether oxygens (including phenoxy) is 1. The number of piperidine rings is 2. The van der Waals surface area contributed by atoms with Gasteiger partial charge in [0, 0.05) is 50.9 Å². The van der Waals surface area contributed by atoms with Crippen LogP contribution in [-0.4, -0.2) is 67.5 Å². The van der Waals surface area contributed by atoms with E-state index in [-0.39, 0.29) is 17.9 Å². The van der Waals surface area contributed by atoms with E-state index >= 15 is 0 Å². The van der Waals surface area contributed by atoms with Crippen LogP contribution in [0, 0.1) is 5.92 Å². The van der Waals surface area contributed by atoms with E-state index in [9.17, 15) is 9.59 Å². The molecule has 0 radical (unpaired) electrons. The lowest BCUT2D eigenvalue weighted by Crippen LogP contribution is -2.47. The summed E-state index contributed by atoms with van der Waals surface area (Å²) in [5.41, 5.74) is 7.65. The number of rotatable bonds is 7. The summed E-state index contributed by atoms with van der Waals surface area (Å²) in [5.74, 6) is 0.921. The highest BCUT2D eigenvalue weighted by molar-refractivity contribution is 6.33. The van der Waals surface area contributed by atoms with Crippen molar-refractivity contribution in [2.75, 3.05) is 45.6 Å². The molecule has 8 heteroatoms. The summed E-state index contributed by atoms with van der Waals surface area (Å²) >= 11 is 6.12. The predicted molar refractivity (Wildman–Crippen MR) is 144 cm³/mol. The third-order valence-electron chi connectivity index (χ3n) is 7.15. The van der Waals surface area contributed by atoms with Crippen LogP contribution in [0.15, 0.2) is 48.5 Å². The zero-order chi connectivity index (χ0) is 25.5. The van der Waals surface area contributed by atoms with Crippen LogP contribution in [0.1, 0.15) is 41.6 Å². The van der Waals surface area contributed by atoms with Crippen LogP contribution in [0.4, 0.5) is 5.69 Å². The van der Waals surface area contributed by atoms with Gasteiger partial charge in [0.2, 0.25) is 5.91 Å².